The lowest BCUT2D eigenvalue weighted by molar-refractivity contribution is -0.121. The van der Waals surface area contributed by atoms with Crippen LogP contribution in [0, 0.1) is 0 Å². The molecule has 1 atom stereocenters. The van der Waals surface area contributed by atoms with Crippen molar-refractivity contribution in [2.24, 2.45) is 5.14 Å². The van der Waals surface area contributed by atoms with Crippen LogP contribution >= 0.6 is 0 Å². The Balaban J connectivity index is 1.99. The lowest BCUT2D eigenvalue weighted by atomic mass is 10.1. The van der Waals surface area contributed by atoms with Gasteiger partial charge in [0.15, 0.2) is 11.5 Å². The van der Waals surface area contributed by atoms with Crippen molar-refractivity contribution < 1.29 is 27.4 Å². The average molecular weight is 423 g/mol. The molecule has 1 amide bonds. The number of carbonyl (C=O) groups is 1. The second-order valence-electron chi connectivity index (χ2n) is 6.41. The van der Waals surface area contributed by atoms with Gasteiger partial charge in [-0.25, -0.2) is 13.6 Å². The molecule has 29 heavy (non-hydrogen) atoms. The molecule has 3 N–H and O–H groups in total. The molecule has 0 aliphatic heterocycles. The number of hydrogen-bond donors (Lipinski definition) is 2. The largest absolute Gasteiger partial charge is 0.493 e. The van der Waals surface area contributed by atoms with E-state index in [1.165, 1.54) is 12.1 Å². The maximum Gasteiger partial charge on any atom is 0.238 e. The van der Waals surface area contributed by atoms with Crippen LogP contribution < -0.4 is 19.9 Å². The SMILES string of the molecule is COCCOc1ccc(C(C)NC(=O)Cc2ccc(S(N)(=O)=O)cc2)cc1OC. The molecule has 9 heteroatoms. The molecule has 2 rings (SSSR count). The number of carbonyl (C=O) groups excluding carboxylic acids is 1. The third-order valence-corrected chi connectivity index (χ3v) is 5.16. The van der Waals surface area contributed by atoms with Gasteiger partial charge in [0.05, 0.1) is 31.1 Å². The van der Waals surface area contributed by atoms with Gasteiger partial charge in [-0.3, -0.25) is 4.79 Å². The van der Waals surface area contributed by atoms with E-state index in [1.807, 2.05) is 19.1 Å². The Morgan fingerprint density at radius 3 is 2.34 bits per heavy atom. The zero-order valence-electron chi connectivity index (χ0n) is 16.7. The van der Waals surface area contributed by atoms with Crippen molar-refractivity contribution in [2.75, 3.05) is 27.4 Å². The number of amides is 1. The van der Waals surface area contributed by atoms with E-state index in [2.05, 4.69) is 5.32 Å². The van der Waals surface area contributed by atoms with Gasteiger partial charge in [-0.1, -0.05) is 18.2 Å². The highest BCUT2D eigenvalue weighted by Crippen LogP contribution is 2.30. The fourth-order valence-corrected chi connectivity index (χ4v) is 3.18. The molecule has 0 spiro atoms. The Morgan fingerprint density at radius 2 is 1.76 bits per heavy atom. The zero-order valence-corrected chi connectivity index (χ0v) is 17.5. The standard InChI is InChI=1S/C20H26N2O6S/c1-14(16-6-9-18(19(13-16)27-3)28-11-10-26-2)22-20(23)12-15-4-7-17(8-5-15)29(21,24)25/h4-9,13-14H,10-12H2,1-3H3,(H,22,23)(H2,21,24,25). The first-order valence-electron chi connectivity index (χ1n) is 8.95. The fraction of sp³-hybridized carbons (Fsp3) is 0.350. The van der Waals surface area contributed by atoms with Gasteiger partial charge in [-0.05, 0) is 42.3 Å². The van der Waals surface area contributed by atoms with Crippen LogP contribution in [0.2, 0.25) is 0 Å². The van der Waals surface area contributed by atoms with Crippen LogP contribution in [0.15, 0.2) is 47.4 Å². The molecular formula is C20H26N2O6S. The number of sulfonamides is 1. The number of ether oxygens (including phenoxy) is 3. The van der Waals surface area contributed by atoms with Gasteiger partial charge in [0, 0.05) is 7.11 Å². The summed E-state index contributed by atoms with van der Waals surface area (Å²) in [6, 6.07) is 11.1. The van der Waals surface area contributed by atoms with Crippen molar-refractivity contribution in [3.8, 4) is 11.5 Å². The topological polar surface area (TPSA) is 117 Å². The molecule has 0 aliphatic carbocycles. The van der Waals surface area contributed by atoms with E-state index in [9.17, 15) is 13.2 Å². The van der Waals surface area contributed by atoms with Crippen molar-refractivity contribution in [2.45, 2.75) is 24.3 Å². The fourth-order valence-electron chi connectivity index (χ4n) is 2.67. The lowest BCUT2D eigenvalue weighted by Crippen LogP contribution is -2.28. The molecule has 1 unspecified atom stereocenters. The van der Waals surface area contributed by atoms with Crippen LogP contribution in [0.4, 0.5) is 0 Å². The van der Waals surface area contributed by atoms with Crippen LogP contribution in [-0.2, 0) is 26.0 Å². The van der Waals surface area contributed by atoms with Crippen molar-refractivity contribution in [1.29, 1.82) is 0 Å². The van der Waals surface area contributed by atoms with Crippen molar-refractivity contribution in [3.05, 3.63) is 53.6 Å². The Bertz CT molecular complexity index is 928. The van der Waals surface area contributed by atoms with E-state index in [-0.39, 0.29) is 23.3 Å². The minimum atomic E-state index is -3.75. The zero-order chi connectivity index (χ0) is 21.4. The lowest BCUT2D eigenvalue weighted by Gasteiger charge is -2.17. The molecule has 158 valence electrons. The summed E-state index contributed by atoms with van der Waals surface area (Å²) in [4.78, 5) is 12.4. The number of primary sulfonamides is 1. The monoisotopic (exact) mass is 422 g/mol. The van der Waals surface area contributed by atoms with E-state index in [0.29, 0.717) is 30.3 Å². The second kappa shape index (κ2) is 10.2. The summed E-state index contributed by atoms with van der Waals surface area (Å²) in [6.07, 6.45) is 0.116. The maximum absolute atomic E-state index is 12.3. The first-order chi connectivity index (χ1) is 13.7. The molecule has 0 bridgehead atoms. The number of benzene rings is 2. The van der Waals surface area contributed by atoms with E-state index in [0.717, 1.165) is 5.56 Å². The first-order valence-corrected chi connectivity index (χ1v) is 10.5. The molecular weight excluding hydrogens is 396 g/mol. The van der Waals surface area contributed by atoms with Crippen LogP contribution in [0.3, 0.4) is 0 Å². The van der Waals surface area contributed by atoms with E-state index in [1.54, 1.807) is 32.4 Å². The van der Waals surface area contributed by atoms with Crippen LogP contribution in [0.25, 0.3) is 0 Å². The number of methoxy groups -OCH3 is 2. The second-order valence-corrected chi connectivity index (χ2v) is 7.97. The number of nitrogens with one attached hydrogen (secondary N) is 1. The number of nitrogens with two attached hydrogens (primary N) is 1. The molecule has 0 aromatic heterocycles. The molecule has 0 aliphatic rings. The highest BCUT2D eigenvalue weighted by molar-refractivity contribution is 7.89. The Morgan fingerprint density at radius 1 is 1.07 bits per heavy atom. The first kappa shape index (κ1) is 22.7. The minimum absolute atomic E-state index is 0.00919. The Hall–Kier alpha value is -2.62. The highest BCUT2D eigenvalue weighted by atomic mass is 32.2. The van der Waals surface area contributed by atoms with Crippen LogP contribution in [-0.4, -0.2) is 41.8 Å². The smallest absolute Gasteiger partial charge is 0.238 e. The molecule has 0 heterocycles. The van der Waals surface area contributed by atoms with Gasteiger partial charge in [-0.15, -0.1) is 0 Å². The molecule has 0 fully saturated rings. The van der Waals surface area contributed by atoms with Gasteiger partial charge in [-0.2, -0.15) is 0 Å². The van der Waals surface area contributed by atoms with E-state index < -0.39 is 10.0 Å². The summed E-state index contributed by atoms with van der Waals surface area (Å²) in [6.45, 7) is 2.74. The number of hydrogen-bond acceptors (Lipinski definition) is 6. The normalized spacial score (nSPS) is 12.3. The summed E-state index contributed by atoms with van der Waals surface area (Å²) >= 11 is 0. The highest BCUT2D eigenvalue weighted by Gasteiger charge is 2.14. The van der Waals surface area contributed by atoms with Crippen LogP contribution in [0.5, 0.6) is 11.5 Å². The predicted octanol–water partition coefficient (Wildman–Crippen LogP) is 1.79. The molecule has 0 radical (unpaired) electrons. The van der Waals surface area contributed by atoms with E-state index in [4.69, 9.17) is 19.3 Å². The number of rotatable bonds is 10. The molecule has 2 aromatic carbocycles. The Kier molecular flexibility index (Phi) is 8.00. The molecule has 2 aromatic rings. The van der Waals surface area contributed by atoms with Crippen molar-refractivity contribution in [1.82, 2.24) is 5.32 Å². The third kappa shape index (κ3) is 6.74. The summed E-state index contributed by atoms with van der Waals surface area (Å²) < 4.78 is 38.5. The summed E-state index contributed by atoms with van der Waals surface area (Å²) in [7, 11) is -0.598. The van der Waals surface area contributed by atoms with Gasteiger partial charge < -0.3 is 19.5 Å². The van der Waals surface area contributed by atoms with Gasteiger partial charge in [0.25, 0.3) is 0 Å². The van der Waals surface area contributed by atoms with Gasteiger partial charge >= 0.3 is 0 Å². The van der Waals surface area contributed by atoms with E-state index >= 15 is 0 Å². The third-order valence-electron chi connectivity index (χ3n) is 4.23. The van der Waals surface area contributed by atoms with Gasteiger partial charge in [0.2, 0.25) is 15.9 Å². The summed E-state index contributed by atoms with van der Waals surface area (Å²) in [5.41, 5.74) is 1.54. The summed E-state index contributed by atoms with van der Waals surface area (Å²) in [5.74, 6) is 0.973. The van der Waals surface area contributed by atoms with Crippen molar-refractivity contribution >= 4 is 15.9 Å². The quantitative estimate of drug-likeness (QED) is 0.564. The van der Waals surface area contributed by atoms with Crippen LogP contribution in [0.1, 0.15) is 24.1 Å². The molecule has 0 saturated heterocycles. The van der Waals surface area contributed by atoms with Crippen molar-refractivity contribution in [3.63, 3.8) is 0 Å². The molecule has 0 saturated carbocycles. The maximum atomic E-state index is 12.3. The minimum Gasteiger partial charge on any atom is -0.493 e. The summed E-state index contributed by atoms with van der Waals surface area (Å²) in [5, 5.41) is 7.99. The average Bonchev–Trinajstić information content (AvgIpc) is 2.67. The molecule has 8 nitrogen and oxygen atoms in total. The van der Waals surface area contributed by atoms with Gasteiger partial charge in [0.1, 0.15) is 6.61 Å². The predicted molar refractivity (Wildman–Crippen MR) is 108 cm³/mol. The Labute approximate surface area is 171 Å².